The van der Waals surface area contributed by atoms with Gasteiger partial charge in [-0.3, -0.25) is 25.0 Å². The predicted octanol–water partition coefficient (Wildman–Crippen LogP) is 5.91. The molecule has 1 amide bonds. The summed E-state index contributed by atoms with van der Waals surface area (Å²) in [5.74, 6) is -0.799. The van der Waals surface area contributed by atoms with Crippen molar-refractivity contribution < 1.29 is 19.4 Å². The van der Waals surface area contributed by atoms with Crippen LogP contribution >= 0.6 is 15.9 Å². The molecule has 10 nitrogen and oxygen atoms in total. The van der Waals surface area contributed by atoms with E-state index in [1.807, 2.05) is 19.1 Å². The first-order valence-electron chi connectivity index (χ1n) is 9.58. The molecule has 0 aliphatic rings. The van der Waals surface area contributed by atoms with Crippen molar-refractivity contribution in [2.24, 2.45) is 0 Å². The van der Waals surface area contributed by atoms with E-state index in [4.69, 9.17) is 4.74 Å². The number of nitro benzene ring substituents is 2. The molecule has 0 spiro atoms. The van der Waals surface area contributed by atoms with Gasteiger partial charge in [-0.1, -0.05) is 28.1 Å². The zero-order chi connectivity index (χ0) is 24.8. The molecule has 3 rings (SSSR count). The Morgan fingerprint density at radius 2 is 1.79 bits per heavy atom. The van der Waals surface area contributed by atoms with E-state index in [-0.39, 0.29) is 22.6 Å². The summed E-state index contributed by atoms with van der Waals surface area (Å²) in [6, 6.07) is 16.5. The van der Waals surface area contributed by atoms with E-state index in [2.05, 4.69) is 21.2 Å². The van der Waals surface area contributed by atoms with Gasteiger partial charge >= 0.3 is 5.69 Å². The lowest BCUT2D eigenvalue weighted by Crippen LogP contribution is -2.13. The Labute approximate surface area is 201 Å². The molecule has 0 saturated carbocycles. The van der Waals surface area contributed by atoms with Gasteiger partial charge in [-0.2, -0.15) is 5.26 Å². The third-order valence-electron chi connectivity index (χ3n) is 4.48. The Hall–Kier alpha value is -4.56. The fourth-order valence-corrected chi connectivity index (χ4v) is 3.30. The summed E-state index contributed by atoms with van der Waals surface area (Å²) in [6.07, 6.45) is 1.28. The molecule has 11 heteroatoms. The number of non-ortho nitro benzene ring substituents is 1. The number of nitro groups is 2. The maximum absolute atomic E-state index is 12.7. The number of nitrogens with zero attached hydrogens (tertiary/aromatic N) is 3. The molecule has 0 radical (unpaired) electrons. The van der Waals surface area contributed by atoms with Gasteiger partial charge in [-0.25, -0.2) is 0 Å². The van der Waals surface area contributed by atoms with E-state index in [1.54, 1.807) is 30.3 Å². The molecule has 3 aromatic carbocycles. The Bertz CT molecular complexity index is 1380. The lowest BCUT2D eigenvalue weighted by Gasteiger charge is -2.11. The Morgan fingerprint density at radius 3 is 2.44 bits per heavy atom. The van der Waals surface area contributed by atoms with Gasteiger partial charge in [0.15, 0.2) is 0 Å². The van der Waals surface area contributed by atoms with Crippen molar-refractivity contribution in [1.82, 2.24) is 0 Å². The molecule has 170 valence electrons. The van der Waals surface area contributed by atoms with Crippen molar-refractivity contribution in [2.45, 2.75) is 6.92 Å². The molecule has 0 atom stereocenters. The Balaban J connectivity index is 1.98. The molecule has 34 heavy (non-hydrogen) atoms. The van der Waals surface area contributed by atoms with Crippen LogP contribution in [0.15, 0.2) is 70.7 Å². The van der Waals surface area contributed by atoms with Gasteiger partial charge in [0.1, 0.15) is 17.4 Å². The second-order valence-corrected chi connectivity index (χ2v) is 7.86. The molecule has 1 N–H and O–H groups in total. The van der Waals surface area contributed by atoms with E-state index in [9.17, 15) is 30.3 Å². The second-order valence-electron chi connectivity index (χ2n) is 6.94. The molecule has 0 aliphatic carbocycles. The lowest BCUT2D eigenvalue weighted by atomic mass is 10.1. The largest absolute Gasteiger partial charge is 0.449 e. The van der Waals surface area contributed by atoms with Crippen LogP contribution in [-0.4, -0.2) is 15.8 Å². The van der Waals surface area contributed by atoms with Crippen molar-refractivity contribution in [2.75, 3.05) is 5.32 Å². The number of halogens is 1. The minimum absolute atomic E-state index is 0.0938. The number of rotatable bonds is 7. The van der Waals surface area contributed by atoms with Crippen molar-refractivity contribution in [1.29, 1.82) is 5.26 Å². The van der Waals surface area contributed by atoms with Crippen molar-refractivity contribution in [3.63, 3.8) is 0 Å². The van der Waals surface area contributed by atoms with Crippen molar-refractivity contribution in [3.05, 3.63) is 102 Å². The maximum atomic E-state index is 12.7. The van der Waals surface area contributed by atoms with Gasteiger partial charge < -0.3 is 10.1 Å². The van der Waals surface area contributed by atoms with E-state index < -0.39 is 27.1 Å². The van der Waals surface area contributed by atoms with Crippen molar-refractivity contribution >= 4 is 45.0 Å². The number of nitriles is 1. The fraction of sp³-hybridized carbons (Fsp3) is 0.0435. The highest BCUT2D eigenvalue weighted by Crippen LogP contribution is 2.37. The van der Waals surface area contributed by atoms with Gasteiger partial charge in [-0.05, 0) is 55.0 Å². The highest BCUT2D eigenvalue weighted by Gasteiger charge is 2.22. The smallest absolute Gasteiger partial charge is 0.318 e. The van der Waals surface area contributed by atoms with E-state index in [0.717, 1.165) is 23.8 Å². The predicted molar refractivity (Wildman–Crippen MR) is 127 cm³/mol. The third-order valence-corrected chi connectivity index (χ3v) is 4.98. The minimum atomic E-state index is -0.799. The summed E-state index contributed by atoms with van der Waals surface area (Å²) >= 11 is 3.30. The van der Waals surface area contributed by atoms with Gasteiger partial charge in [-0.15, -0.1) is 0 Å². The second kappa shape index (κ2) is 10.4. The molecule has 0 unspecified atom stereocenters. The Kier molecular flexibility index (Phi) is 7.35. The summed E-state index contributed by atoms with van der Waals surface area (Å²) in [4.78, 5) is 33.5. The SMILES string of the molecule is Cc1cccc(NC(=O)/C(C#N)=C/c2cc(Br)ccc2Oc2ccc([N+](=O)[O-])cc2[N+](=O)[O-])c1. The summed E-state index contributed by atoms with van der Waals surface area (Å²) in [7, 11) is 0. The molecule has 0 heterocycles. The van der Waals surface area contributed by atoms with Gasteiger partial charge in [0.25, 0.3) is 11.6 Å². The van der Waals surface area contributed by atoms with E-state index in [0.29, 0.717) is 10.2 Å². The van der Waals surface area contributed by atoms with Crippen LogP contribution in [0.4, 0.5) is 17.1 Å². The number of carbonyl (C=O) groups excluding carboxylic acids is 1. The summed E-state index contributed by atoms with van der Waals surface area (Å²) in [6.45, 7) is 1.86. The molecule has 3 aromatic rings. The zero-order valence-corrected chi connectivity index (χ0v) is 19.1. The van der Waals surface area contributed by atoms with E-state index in [1.165, 1.54) is 12.1 Å². The highest BCUT2D eigenvalue weighted by molar-refractivity contribution is 9.10. The average Bonchev–Trinajstić information content (AvgIpc) is 2.78. The van der Waals surface area contributed by atoms with Gasteiger partial charge in [0.2, 0.25) is 5.75 Å². The average molecular weight is 523 g/mol. The first kappa shape index (κ1) is 24.1. The quantitative estimate of drug-likeness (QED) is 0.175. The summed E-state index contributed by atoms with van der Waals surface area (Å²) < 4.78 is 6.28. The molecule has 0 bridgehead atoms. The molecule has 0 aliphatic heterocycles. The number of ether oxygens (including phenoxy) is 1. The molecule has 0 fully saturated rings. The van der Waals surface area contributed by atoms with Crippen LogP contribution in [0, 0.1) is 38.5 Å². The molecule has 0 aromatic heterocycles. The normalized spacial score (nSPS) is 10.8. The zero-order valence-electron chi connectivity index (χ0n) is 17.5. The standard InChI is InChI=1S/C23H15BrN4O6/c1-14-3-2-4-18(9-14)26-23(29)16(13-25)10-15-11-17(24)5-7-21(15)34-22-8-6-19(27(30)31)12-20(22)28(32)33/h2-12H,1H3,(H,26,29)/b16-10+. The number of anilines is 1. The number of hydrogen-bond acceptors (Lipinski definition) is 7. The molecule has 0 saturated heterocycles. The fourth-order valence-electron chi connectivity index (χ4n) is 2.92. The van der Waals surface area contributed by atoms with Gasteiger partial charge in [0, 0.05) is 21.8 Å². The first-order valence-corrected chi connectivity index (χ1v) is 10.4. The first-order chi connectivity index (χ1) is 16.2. The number of benzene rings is 3. The van der Waals surface area contributed by atoms with Crippen molar-refractivity contribution in [3.8, 4) is 17.6 Å². The lowest BCUT2D eigenvalue weighted by molar-refractivity contribution is -0.394. The van der Waals surface area contributed by atoms with Crippen LogP contribution < -0.4 is 10.1 Å². The van der Waals surface area contributed by atoms with Crippen LogP contribution in [0.5, 0.6) is 11.5 Å². The number of carbonyl (C=O) groups is 1. The highest BCUT2D eigenvalue weighted by atomic mass is 79.9. The van der Waals surface area contributed by atoms with Crippen LogP contribution in [0.2, 0.25) is 0 Å². The maximum Gasteiger partial charge on any atom is 0.318 e. The van der Waals surface area contributed by atoms with Crippen LogP contribution in [0.1, 0.15) is 11.1 Å². The Morgan fingerprint density at radius 1 is 1.06 bits per heavy atom. The van der Waals surface area contributed by atoms with Gasteiger partial charge in [0.05, 0.1) is 15.9 Å². The molecular weight excluding hydrogens is 508 g/mol. The topological polar surface area (TPSA) is 148 Å². The number of hydrogen-bond donors (Lipinski definition) is 1. The summed E-state index contributed by atoms with van der Waals surface area (Å²) in [5.41, 5.74) is 0.408. The summed E-state index contributed by atoms with van der Waals surface area (Å²) in [5, 5.41) is 34.6. The molecular formula is C23H15BrN4O6. The van der Waals surface area contributed by atoms with Crippen LogP contribution in [0.3, 0.4) is 0 Å². The van der Waals surface area contributed by atoms with Crippen LogP contribution in [-0.2, 0) is 4.79 Å². The monoisotopic (exact) mass is 522 g/mol. The number of amides is 1. The van der Waals surface area contributed by atoms with E-state index >= 15 is 0 Å². The number of nitrogens with one attached hydrogen (secondary N) is 1. The van der Waals surface area contributed by atoms with Crippen LogP contribution in [0.25, 0.3) is 6.08 Å². The number of aryl methyl sites for hydroxylation is 1. The minimum Gasteiger partial charge on any atom is -0.449 e. The third kappa shape index (κ3) is 5.81.